The van der Waals surface area contributed by atoms with E-state index in [0.717, 1.165) is 0 Å². The third kappa shape index (κ3) is 1.87. The van der Waals surface area contributed by atoms with Crippen LogP contribution in [-0.4, -0.2) is 38.7 Å². The van der Waals surface area contributed by atoms with Gasteiger partial charge < -0.3 is 10.5 Å². The molecule has 1 saturated heterocycles. The van der Waals surface area contributed by atoms with Gasteiger partial charge in [0.15, 0.2) is 9.84 Å². The molecule has 0 saturated carbocycles. The molecule has 0 aliphatic carbocycles. The van der Waals surface area contributed by atoms with E-state index in [1.165, 1.54) is 6.26 Å². The Labute approximate surface area is 79.4 Å². The lowest BCUT2D eigenvalue weighted by molar-refractivity contribution is 0.0694. The zero-order chi connectivity index (χ0) is 10.1. The number of nitrogens with two attached hydrogens (primary N) is 1. The first kappa shape index (κ1) is 10.9. The lowest BCUT2D eigenvalue weighted by Crippen LogP contribution is -2.55. The fourth-order valence-corrected chi connectivity index (χ4v) is 3.46. The van der Waals surface area contributed by atoms with Crippen LogP contribution >= 0.6 is 0 Å². The molecule has 1 unspecified atom stereocenters. The molecule has 0 aromatic heterocycles. The van der Waals surface area contributed by atoms with Crippen LogP contribution in [0.1, 0.15) is 19.8 Å². The van der Waals surface area contributed by atoms with Crippen molar-refractivity contribution in [2.75, 3.05) is 19.5 Å². The van der Waals surface area contributed by atoms with Gasteiger partial charge in [0.1, 0.15) is 0 Å². The molecule has 0 spiro atoms. The third-order valence-corrected chi connectivity index (χ3v) is 5.16. The number of ether oxygens (including phenoxy) is 1. The zero-order valence-electron chi connectivity index (χ0n) is 8.12. The molecular weight excluding hydrogens is 190 g/mol. The van der Waals surface area contributed by atoms with Crippen molar-refractivity contribution in [1.29, 1.82) is 0 Å². The maximum atomic E-state index is 11.6. The summed E-state index contributed by atoms with van der Waals surface area (Å²) >= 11 is 0. The Kier molecular flexibility index (Phi) is 2.99. The highest BCUT2D eigenvalue weighted by Gasteiger charge is 2.45. The van der Waals surface area contributed by atoms with Gasteiger partial charge in [-0.1, -0.05) is 0 Å². The lowest BCUT2D eigenvalue weighted by Gasteiger charge is -2.38. The van der Waals surface area contributed by atoms with Crippen LogP contribution < -0.4 is 5.73 Å². The van der Waals surface area contributed by atoms with Crippen molar-refractivity contribution in [2.24, 2.45) is 5.73 Å². The van der Waals surface area contributed by atoms with E-state index in [-0.39, 0.29) is 6.04 Å². The average Bonchev–Trinajstić information content (AvgIpc) is 2.03. The number of sulfone groups is 1. The summed E-state index contributed by atoms with van der Waals surface area (Å²) in [6, 6.07) is -0.327. The van der Waals surface area contributed by atoms with Crippen LogP contribution in [0.3, 0.4) is 0 Å². The van der Waals surface area contributed by atoms with Crippen molar-refractivity contribution >= 4 is 9.84 Å². The summed E-state index contributed by atoms with van der Waals surface area (Å²) in [5, 5.41) is 0. The lowest BCUT2D eigenvalue weighted by atomic mass is 9.92. The molecule has 1 atom stereocenters. The Morgan fingerprint density at radius 1 is 1.38 bits per heavy atom. The van der Waals surface area contributed by atoms with Gasteiger partial charge in [0.2, 0.25) is 0 Å². The van der Waals surface area contributed by atoms with Gasteiger partial charge in [-0.25, -0.2) is 8.42 Å². The first-order valence-electron chi connectivity index (χ1n) is 4.43. The summed E-state index contributed by atoms with van der Waals surface area (Å²) in [4.78, 5) is 0. The molecule has 1 aliphatic rings. The minimum absolute atomic E-state index is 0.327. The van der Waals surface area contributed by atoms with Crippen LogP contribution in [0.2, 0.25) is 0 Å². The second-order valence-corrected chi connectivity index (χ2v) is 6.10. The zero-order valence-corrected chi connectivity index (χ0v) is 8.93. The molecule has 0 bridgehead atoms. The predicted octanol–water partition coefficient (Wildman–Crippen LogP) is -0.0726. The smallest absolute Gasteiger partial charge is 0.154 e. The van der Waals surface area contributed by atoms with E-state index >= 15 is 0 Å². The van der Waals surface area contributed by atoms with E-state index in [9.17, 15) is 8.42 Å². The van der Waals surface area contributed by atoms with E-state index < -0.39 is 14.6 Å². The largest absolute Gasteiger partial charge is 0.381 e. The maximum absolute atomic E-state index is 11.6. The Morgan fingerprint density at radius 3 is 2.08 bits per heavy atom. The highest BCUT2D eigenvalue weighted by atomic mass is 32.2. The van der Waals surface area contributed by atoms with E-state index in [1.807, 2.05) is 0 Å². The molecule has 1 fully saturated rings. The second kappa shape index (κ2) is 3.55. The molecular formula is C8H17NO3S. The summed E-state index contributed by atoms with van der Waals surface area (Å²) in [5.41, 5.74) is 5.75. The van der Waals surface area contributed by atoms with Crippen LogP contribution in [0.5, 0.6) is 0 Å². The SMILES string of the molecule is CC(N)C1(S(C)(=O)=O)CCOCC1. The maximum Gasteiger partial charge on any atom is 0.154 e. The van der Waals surface area contributed by atoms with Gasteiger partial charge in [-0.15, -0.1) is 0 Å². The quantitative estimate of drug-likeness (QED) is 0.688. The Bertz CT molecular complexity index is 265. The normalized spacial score (nSPS) is 25.5. The molecule has 0 amide bonds. The minimum Gasteiger partial charge on any atom is -0.381 e. The molecule has 0 aromatic carbocycles. The predicted molar refractivity (Wildman–Crippen MR) is 51.3 cm³/mol. The first-order valence-corrected chi connectivity index (χ1v) is 6.32. The summed E-state index contributed by atoms with van der Waals surface area (Å²) in [5.74, 6) is 0. The number of hydrogen-bond donors (Lipinski definition) is 1. The fraction of sp³-hybridized carbons (Fsp3) is 1.00. The highest BCUT2D eigenvalue weighted by molar-refractivity contribution is 7.92. The molecule has 0 aromatic rings. The van der Waals surface area contributed by atoms with Crippen molar-refractivity contribution in [3.8, 4) is 0 Å². The molecule has 78 valence electrons. The van der Waals surface area contributed by atoms with E-state index in [1.54, 1.807) is 6.92 Å². The van der Waals surface area contributed by atoms with Crippen molar-refractivity contribution < 1.29 is 13.2 Å². The van der Waals surface area contributed by atoms with Gasteiger partial charge in [-0.3, -0.25) is 0 Å². The molecule has 2 N–H and O–H groups in total. The molecule has 13 heavy (non-hydrogen) atoms. The van der Waals surface area contributed by atoms with Crippen LogP contribution in [0.4, 0.5) is 0 Å². The topological polar surface area (TPSA) is 69.4 Å². The van der Waals surface area contributed by atoms with Crippen LogP contribution in [0.15, 0.2) is 0 Å². The highest BCUT2D eigenvalue weighted by Crippen LogP contribution is 2.31. The first-order chi connectivity index (χ1) is 5.90. The van der Waals surface area contributed by atoms with Gasteiger partial charge in [0.05, 0.1) is 4.75 Å². The molecule has 1 heterocycles. The fourth-order valence-electron chi connectivity index (χ4n) is 1.88. The second-order valence-electron chi connectivity index (χ2n) is 3.74. The summed E-state index contributed by atoms with van der Waals surface area (Å²) in [7, 11) is -3.09. The van der Waals surface area contributed by atoms with Crippen molar-refractivity contribution in [3.05, 3.63) is 0 Å². The number of hydrogen-bond acceptors (Lipinski definition) is 4. The number of rotatable bonds is 2. The minimum atomic E-state index is -3.09. The third-order valence-electron chi connectivity index (χ3n) is 2.91. The molecule has 1 rings (SSSR count). The monoisotopic (exact) mass is 207 g/mol. The summed E-state index contributed by atoms with van der Waals surface area (Å²) < 4.78 is 27.6. The van der Waals surface area contributed by atoms with Crippen LogP contribution in [0.25, 0.3) is 0 Å². The van der Waals surface area contributed by atoms with Crippen molar-refractivity contribution in [1.82, 2.24) is 0 Å². The summed E-state index contributed by atoms with van der Waals surface area (Å²) in [6.07, 6.45) is 2.30. The molecule has 4 nitrogen and oxygen atoms in total. The van der Waals surface area contributed by atoms with E-state index in [2.05, 4.69) is 0 Å². The van der Waals surface area contributed by atoms with Crippen molar-refractivity contribution in [2.45, 2.75) is 30.6 Å². The van der Waals surface area contributed by atoms with Gasteiger partial charge in [-0.2, -0.15) is 0 Å². The van der Waals surface area contributed by atoms with Gasteiger partial charge in [0, 0.05) is 25.5 Å². The average molecular weight is 207 g/mol. The molecule has 0 radical (unpaired) electrons. The van der Waals surface area contributed by atoms with Gasteiger partial charge in [0.25, 0.3) is 0 Å². The van der Waals surface area contributed by atoms with Gasteiger partial charge in [-0.05, 0) is 19.8 Å². The van der Waals surface area contributed by atoms with Crippen LogP contribution in [-0.2, 0) is 14.6 Å². The Hall–Kier alpha value is -0.130. The molecule has 1 aliphatic heterocycles. The van der Waals surface area contributed by atoms with Crippen molar-refractivity contribution in [3.63, 3.8) is 0 Å². The Morgan fingerprint density at radius 2 is 1.85 bits per heavy atom. The standard InChI is InChI=1S/C8H17NO3S/c1-7(9)8(13(2,10)11)3-5-12-6-4-8/h7H,3-6,9H2,1-2H3. The summed E-state index contributed by atoms with van der Waals surface area (Å²) in [6.45, 7) is 2.75. The van der Waals surface area contributed by atoms with Crippen LogP contribution in [0, 0.1) is 0 Å². The molecule has 5 heteroatoms. The van der Waals surface area contributed by atoms with Gasteiger partial charge >= 0.3 is 0 Å². The van der Waals surface area contributed by atoms with E-state index in [0.29, 0.717) is 26.1 Å². The van der Waals surface area contributed by atoms with E-state index in [4.69, 9.17) is 10.5 Å². The Balaban J connectivity index is 3.00.